The second-order valence-electron chi connectivity index (χ2n) is 3.99. The van der Waals surface area contributed by atoms with E-state index < -0.39 is 0 Å². The zero-order valence-electron chi connectivity index (χ0n) is 12.1. The zero-order valence-corrected chi connectivity index (χ0v) is 12.9. The molecule has 0 saturated carbocycles. The molecule has 108 valence electrons. The van der Waals surface area contributed by atoms with Crippen molar-refractivity contribution in [3.8, 4) is 6.01 Å². The molecule has 0 spiro atoms. The van der Waals surface area contributed by atoms with Crippen molar-refractivity contribution < 1.29 is 4.74 Å². The average molecular weight is 285 g/mol. The molecule has 7 heteroatoms. The lowest BCUT2D eigenvalue weighted by molar-refractivity contribution is 0.312. The van der Waals surface area contributed by atoms with E-state index in [1.54, 1.807) is 0 Å². The van der Waals surface area contributed by atoms with Crippen molar-refractivity contribution in [1.82, 2.24) is 15.0 Å². The molecule has 1 unspecified atom stereocenters. The molecule has 0 aromatic carbocycles. The third kappa shape index (κ3) is 5.96. The number of rotatable bonds is 9. The zero-order chi connectivity index (χ0) is 14.1. The second kappa shape index (κ2) is 8.79. The number of hydrogen-bond donors (Lipinski definition) is 2. The van der Waals surface area contributed by atoms with Gasteiger partial charge in [-0.05, 0) is 26.5 Å². The Kier molecular flexibility index (Phi) is 7.32. The second-order valence-corrected chi connectivity index (χ2v) is 5.27. The third-order valence-electron chi connectivity index (χ3n) is 2.46. The summed E-state index contributed by atoms with van der Waals surface area (Å²) in [6.07, 6.45) is 3.18. The molecule has 1 aromatic rings. The first-order valence-corrected chi connectivity index (χ1v) is 7.87. The molecule has 1 aromatic heterocycles. The Morgan fingerprint density at radius 2 is 1.84 bits per heavy atom. The number of aromatic nitrogens is 3. The Morgan fingerprint density at radius 3 is 2.42 bits per heavy atom. The Labute approximate surface area is 119 Å². The summed E-state index contributed by atoms with van der Waals surface area (Å²) in [4.78, 5) is 12.7. The van der Waals surface area contributed by atoms with Crippen LogP contribution < -0.4 is 15.4 Å². The predicted molar refractivity (Wildman–Crippen MR) is 81.2 cm³/mol. The molecule has 1 atom stereocenters. The van der Waals surface area contributed by atoms with Crippen LogP contribution in [-0.4, -0.2) is 46.2 Å². The molecule has 6 nitrogen and oxygen atoms in total. The maximum atomic E-state index is 5.34. The van der Waals surface area contributed by atoms with Crippen LogP contribution in [0.25, 0.3) is 0 Å². The number of anilines is 2. The molecule has 0 aliphatic rings. The predicted octanol–water partition coefficient (Wildman–Crippen LogP) is 2.26. The van der Waals surface area contributed by atoms with Crippen LogP contribution in [0.4, 0.5) is 11.9 Å². The van der Waals surface area contributed by atoms with Gasteiger partial charge in [-0.1, -0.05) is 6.92 Å². The van der Waals surface area contributed by atoms with Crippen LogP contribution in [0.3, 0.4) is 0 Å². The minimum atomic E-state index is 0.355. The minimum absolute atomic E-state index is 0.355. The van der Waals surface area contributed by atoms with E-state index in [0.29, 0.717) is 29.8 Å². The summed E-state index contributed by atoms with van der Waals surface area (Å²) in [5.41, 5.74) is 0. The van der Waals surface area contributed by atoms with Gasteiger partial charge >= 0.3 is 6.01 Å². The van der Waals surface area contributed by atoms with Crippen LogP contribution in [0.1, 0.15) is 27.2 Å². The van der Waals surface area contributed by atoms with Crippen molar-refractivity contribution in [2.24, 2.45) is 0 Å². The standard InChI is InChI=1S/C12H23N5OS/c1-5-13-10-15-11(14-8-7-9(3)19-4)17-12(16-10)18-6-2/h9H,5-8H2,1-4H3,(H2,13,14,15,16,17). The third-order valence-corrected chi connectivity index (χ3v) is 3.50. The minimum Gasteiger partial charge on any atom is -0.464 e. The van der Waals surface area contributed by atoms with Gasteiger partial charge in [-0.2, -0.15) is 26.7 Å². The Hall–Kier alpha value is -1.24. The van der Waals surface area contributed by atoms with Crippen LogP contribution in [0, 0.1) is 0 Å². The van der Waals surface area contributed by atoms with Crippen LogP contribution in [0.2, 0.25) is 0 Å². The first-order valence-electron chi connectivity index (χ1n) is 6.59. The van der Waals surface area contributed by atoms with Gasteiger partial charge < -0.3 is 15.4 Å². The molecule has 0 amide bonds. The number of nitrogens with one attached hydrogen (secondary N) is 2. The van der Waals surface area contributed by atoms with Gasteiger partial charge in [0.25, 0.3) is 0 Å². The number of ether oxygens (including phenoxy) is 1. The first-order chi connectivity index (χ1) is 9.19. The lowest BCUT2D eigenvalue weighted by Gasteiger charge is -2.11. The fourth-order valence-corrected chi connectivity index (χ4v) is 1.73. The van der Waals surface area contributed by atoms with Crippen molar-refractivity contribution in [2.75, 3.05) is 36.6 Å². The molecule has 19 heavy (non-hydrogen) atoms. The highest BCUT2D eigenvalue weighted by molar-refractivity contribution is 7.99. The highest BCUT2D eigenvalue weighted by Crippen LogP contribution is 2.13. The van der Waals surface area contributed by atoms with Gasteiger partial charge in [-0.3, -0.25) is 0 Å². The maximum Gasteiger partial charge on any atom is 0.323 e. The fourth-order valence-electron chi connectivity index (χ4n) is 1.37. The van der Waals surface area contributed by atoms with E-state index in [0.717, 1.165) is 19.5 Å². The number of thioether (sulfide) groups is 1. The van der Waals surface area contributed by atoms with Crippen LogP contribution in [0.5, 0.6) is 6.01 Å². The van der Waals surface area contributed by atoms with Crippen molar-refractivity contribution >= 4 is 23.7 Å². The van der Waals surface area contributed by atoms with Gasteiger partial charge in [-0.15, -0.1) is 0 Å². The Balaban J connectivity index is 2.64. The van der Waals surface area contributed by atoms with Crippen molar-refractivity contribution in [1.29, 1.82) is 0 Å². The van der Waals surface area contributed by atoms with E-state index >= 15 is 0 Å². The molecule has 1 rings (SSSR count). The van der Waals surface area contributed by atoms with Gasteiger partial charge in [0, 0.05) is 18.3 Å². The van der Waals surface area contributed by atoms with E-state index in [1.807, 2.05) is 25.6 Å². The molecule has 1 heterocycles. The van der Waals surface area contributed by atoms with Crippen LogP contribution in [0.15, 0.2) is 0 Å². The van der Waals surface area contributed by atoms with E-state index in [-0.39, 0.29) is 0 Å². The van der Waals surface area contributed by atoms with E-state index in [9.17, 15) is 0 Å². The van der Waals surface area contributed by atoms with E-state index in [4.69, 9.17) is 4.74 Å². The summed E-state index contributed by atoms with van der Waals surface area (Å²) in [6.45, 7) is 8.25. The summed E-state index contributed by atoms with van der Waals surface area (Å²) >= 11 is 1.85. The summed E-state index contributed by atoms with van der Waals surface area (Å²) in [5.74, 6) is 1.10. The molecule has 0 fully saturated rings. The molecule has 0 bridgehead atoms. The maximum absolute atomic E-state index is 5.34. The molecule has 2 N–H and O–H groups in total. The van der Waals surface area contributed by atoms with Crippen LogP contribution in [-0.2, 0) is 0 Å². The molecule has 0 radical (unpaired) electrons. The Morgan fingerprint density at radius 1 is 1.16 bits per heavy atom. The quantitative estimate of drug-likeness (QED) is 0.721. The van der Waals surface area contributed by atoms with Gasteiger partial charge in [0.05, 0.1) is 6.61 Å². The van der Waals surface area contributed by atoms with E-state index in [1.165, 1.54) is 0 Å². The number of nitrogens with zero attached hydrogens (tertiary/aromatic N) is 3. The summed E-state index contributed by atoms with van der Waals surface area (Å²) < 4.78 is 5.34. The normalized spacial score (nSPS) is 12.0. The summed E-state index contributed by atoms with van der Waals surface area (Å²) in [7, 11) is 0. The lowest BCUT2D eigenvalue weighted by atomic mass is 10.3. The fraction of sp³-hybridized carbons (Fsp3) is 0.750. The summed E-state index contributed by atoms with van der Waals surface area (Å²) in [5, 5.41) is 6.90. The summed E-state index contributed by atoms with van der Waals surface area (Å²) in [6, 6.07) is 0.355. The van der Waals surface area contributed by atoms with Crippen LogP contribution >= 0.6 is 11.8 Å². The van der Waals surface area contributed by atoms with Crippen molar-refractivity contribution in [3.05, 3.63) is 0 Å². The monoisotopic (exact) mass is 285 g/mol. The van der Waals surface area contributed by atoms with Crippen molar-refractivity contribution in [3.63, 3.8) is 0 Å². The topological polar surface area (TPSA) is 72.0 Å². The van der Waals surface area contributed by atoms with Crippen molar-refractivity contribution in [2.45, 2.75) is 32.4 Å². The molecule has 0 aliphatic heterocycles. The molecule has 0 aliphatic carbocycles. The largest absolute Gasteiger partial charge is 0.464 e. The SMILES string of the molecule is CCNc1nc(NCCC(C)SC)nc(OCC)n1. The van der Waals surface area contributed by atoms with Gasteiger partial charge in [0.15, 0.2) is 0 Å². The average Bonchev–Trinajstić information content (AvgIpc) is 2.39. The smallest absolute Gasteiger partial charge is 0.323 e. The van der Waals surface area contributed by atoms with E-state index in [2.05, 4.69) is 38.8 Å². The molecular formula is C12H23N5OS. The molecule has 0 saturated heterocycles. The molecular weight excluding hydrogens is 262 g/mol. The first kappa shape index (κ1) is 15.8. The van der Waals surface area contributed by atoms with Gasteiger partial charge in [-0.25, -0.2) is 0 Å². The highest BCUT2D eigenvalue weighted by atomic mass is 32.2. The lowest BCUT2D eigenvalue weighted by Crippen LogP contribution is -2.13. The van der Waals surface area contributed by atoms with Gasteiger partial charge in [0.1, 0.15) is 0 Å². The number of hydrogen-bond acceptors (Lipinski definition) is 7. The highest BCUT2D eigenvalue weighted by Gasteiger charge is 2.07. The van der Waals surface area contributed by atoms with Gasteiger partial charge in [0.2, 0.25) is 11.9 Å². The Bertz CT molecular complexity index is 353.